The van der Waals surface area contributed by atoms with Crippen LogP contribution in [0.15, 0.2) is 59.4 Å². The van der Waals surface area contributed by atoms with E-state index in [1.807, 2.05) is 36.4 Å². The van der Waals surface area contributed by atoms with E-state index in [4.69, 9.17) is 26.2 Å². The second-order valence-electron chi connectivity index (χ2n) is 7.81. The van der Waals surface area contributed by atoms with Crippen molar-refractivity contribution in [3.8, 4) is 11.5 Å². The Balaban J connectivity index is 1.55. The molecule has 4 aromatic rings. The molecular weight excluding hydrogens is 458 g/mol. The lowest BCUT2D eigenvalue weighted by Gasteiger charge is -2.16. The highest BCUT2D eigenvalue weighted by Gasteiger charge is 2.14. The highest BCUT2D eigenvalue weighted by Crippen LogP contribution is 2.33. The van der Waals surface area contributed by atoms with Crippen LogP contribution in [-0.4, -0.2) is 27.3 Å². The van der Waals surface area contributed by atoms with Gasteiger partial charge in [-0.15, -0.1) is 0 Å². The average Bonchev–Trinajstić information content (AvgIpc) is 3.04. The van der Waals surface area contributed by atoms with Gasteiger partial charge in [0, 0.05) is 31.9 Å². The molecule has 1 heterocycles. The molecule has 9 heteroatoms. The third-order valence-electron chi connectivity index (χ3n) is 5.68. The molecule has 0 aliphatic heterocycles. The Hall–Kier alpha value is -3.91. The Labute approximate surface area is 200 Å². The number of nitrogens with one attached hydrogen (secondary N) is 1. The number of para-hydroxylation sites is 1. The van der Waals surface area contributed by atoms with E-state index in [9.17, 15) is 9.59 Å². The Kier molecular flexibility index (Phi) is 6.51. The molecule has 3 aromatic carbocycles. The van der Waals surface area contributed by atoms with Gasteiger partial charge >= 0.3 is 11.7 Å². The van der Waals surface area contributed by atoms with Crippen molar-refractivity contribution in [3.05, 3.63) is 86.8 Å². The number of hydrogen-bond donors (Lipinski definition) is 2. The highest BCUT2D eigenvalue weighted by molar-refractivity contribution is 6.33. The molecule has 0 fully saturated rings. The van der Waals surface area contributed by atoms with E-state index in [0.717, 1.165) is 22.2 Å². The standard InChI is InChI=1S/C25H24ClN3O5/c1-28-20-10-7-15(11-21(20)29(2)25(28)32)14-34-23-16(5-4-6-22(23)33-3)13-27-17-8-9-18(24(30)31)19(26)12-17/h4-12,27H,13-14H2,1-3H3,(H,30,31). The summed E-state index contributed by atoms with van der Waals surface area (Å²) in [5, 5.41) is 12.5. The summed E-state index contributed by atoms with van der Waals surface area (Å²) in [6, 6.07) is 16.1. The van der Waals surface area contributed by atoms with E-state index in [1.54, 1.807) is 42.5 Å². The number of aryl methyl sites for hydroxylation is 2. The zero-order chi connectivity index (χ0) is 24.4. The second-order valence-corrected chi connectivity index (χ2v) is 8.22. The number of imidazole rings is 1. The average molecular weight is 482 g/mol. The van der Waals surface area contributed by atoms with Gasteiger partial charge in [-0.3, -0.25) is 9.13 Å². The first-order valence-electron chi connectivity index (χ1n) is 10.5. The summed E-state index contributed by atoms with van der Waals surface area (Å²) in [7, 11) is 5.07. The topological polar surface area (TPSA) is 94.7 Å². The first-order valence-corrected chi connectivity index (χ1v) is 10.9. The summed E-state index contributed by atoms with van der Waals surface area (Å²) < 4.78 is 14.9. The van der Waals surface area contributed by atoms with Gasteiger partial charge in [0.15, 0.2) is 11.5 Å². The molecule has 0 spiro atoms. The first-order chi connectivity index (χ1) is 16.3. The molecule has 0 radical (unpaired) electrons. The maximum Gasteiger partial charge on any atom is 0.337 e. The smallest absolute Gasteiger partial charge is 0.337 e. The molecule has 1 aromatic heterocycles. The van der Waals surface area contributed by atoms with Crippen LogP contribution < -0.4 is 20.5 Å². The number of anilines is 1. The maximum atomic E-state index is 12.2. The monoisotopic (exact) mass is 481 g/mol. The number of fused-ring (bicyclic) bond motifs is 1. The van der Waals surface area contributed by atoms with Gasteiger partial charge in [-0.1, -0.05) is 29.8 Å². The van der Waals surface area contributed by atoms with E-state index < -0.39 is 5.97 Å². The Morgan fingerprint density at radius 2 is 1.82 bits per heavy atom. The summed E-state index contributed by atoms with van der Waals surface area (Å²) in [6.45, 7) is 0.688. The molecule has 34 heavy (non-hydrogen) atoms. The zero-order valence-electron chi connectivity index (χ0n) is 19.0. The fourth-order valence-electron chi connectivity index (χ4n) is 3.82. The molecule has 176 valence electrons. The van der Waals surface area contributed by atoms with Crippen molar-refractivity contribution in [2.24, 2.45) is 14.1 Å². The molecule has 0 atom stereocenters. The largest absolute Gasteiger partial charge is 0.493 e. The summed E-state index contributed by atoms with van der Waals surface area (Å²) >= 11 is 6.08. The summed E-state index contributed by atoms with van der Waals surface area (Å²) in [5.41, 5.74) is 4.09. The van der Waals surface area contributed by atoms with Gasteiger partial charge in [0.25, 0.3) is 0 Å². The molecule has 0 aliphatic carbocycles. The number of carboxylic acids is 1. The minimum absolute atomic E-state index is 0.0468. The lowest BCUT2D eigenvalue weighted by Crippen LogP contribution is -2.19. The van der Waals surface area contributed by atoms with Crippen LogP contribution in [0.4, 0.5) is 5.69 Å². The van der Waals surface area contributed by atoms with Crippen molar-refractivity contribution >= 4 is 34.3 Å². The molecule has 0 bridgehead atoms. The number of aromatic carboxylic acids is 1. The lowest BCUT2D eigenvalue weighted by molar-refractivity contribution is 0.0697. The minimum atomic E-state index is -1.08. The molecule has 0 amide bonds. The van der Waals surface area contributed by atoms with Crippen LogP contribution in [0.3, 0.4) is 0 Å². The molecule has 2 N–H and O–H groups in total. The number of carboxylic acid groups (broad SMARTS) is 1. The van der Waals surface area contributed by atoms with Crippen molar-refractivity contribution in [2.45, 2.75) is 13.2 Å². The van der Waals surface area contributed by atoms with Gasteiger partial charge in [0.05, 0.1) is 28.7 Å². The number of aromatic nitrogens is 2. The third-order valence-corrected chi connectivity index (χ3v) is 6.00. The quantitative estimate of drug-likeness (QED) is 0.386. The summed E-state index contributed by atoms with van der Waals surface area (Å²) in [5.74, 6) is 0.105. The van der Waals surface area contributed by atoms with Gasteiger partial charge in [-0.05, 0) is 42.0 Å². The van der Waals surface area contributed by atoms with Crippen LogP contribution in [0.1, 0.15) is 21.5 Å². The fourth-order valence-corrected chi connectivity index (χ4v) is 4.08. The van der Waals surface area contributed by atoms with E-state index >= 15 is 0 Å². The highest BCUT2D eigenvalue weighted by atomic mass is 35.5. The summed E-state index contributed by atoms with van der Waals surface area (Å²) in [4.78, 5) is 23.4. The number of nitrogens with zero attached hydrogens (tertiary/aromatic N) is 2. The molecule has 0 saturated heterocycles. The van der Waals surface area contributed by atoms with Crippen molar-refractivity contribution in [2.75, 3.05) is 12.4 Å². The van der Waals surface area contributed by atoms with Crippen LogP contribution in [0, 0.1) is 0 Å². The number of carbonyl (C=O) groups is 1. The Morgan fingerprint density at radius 3 is 2.53 bits per heavy atom. The predicted molar refractivity (Wildman–Crippen MR) is 131 cm³/mol. The van der Waals surface area contributed by atoms with E-state index in [-0.39, 0.29) is 22.9 Å². The Bertz CT molecular complexity index is 1440. The molecule has 0 unspecified atom stereocenters. The van der Waals surface area contributed by atoms with Crippen LogP contribution in [0.25, 0.3) is 11.0 Å². The van der Waals surface area contributed by atoms with Gasteiger partial charge < -0.3 is 19.9 Å². The number of benzene rings is 3. The number of hydrogen-bond acceptors (Lipinski definition) is 5. The van der Waals surface area contributed by atoms with E-state index in [2.05, 4.69) is 5.32 Å². The van der Waals surface area contributed by atoms with Crippen LogP contribution in [-0.2, 0) is 27.2 Å². The fraction of sp³-hybridized carbons (Fsp3) is 0.200. The molecule has 4 rings (SSSR count). The van der Waals surface area contributed by atoms with Crippen molar-refractivity contribution in [1.29, 1.82) is 0 Å². The minimum Gasteiger partial charge on any atom is -0.493 e. The van der Waals surface area contributed by atoms with Gasteiger partial charge in [0.1, 0.15) is 6.61 Å². The SMILES string of the molecule is COc1cccc(CNc2ccc(C(=O)O)c(Cl)c2)c1OCc1ccc2c(c1)n(C)c(=O)n2C. The second kappa shape index (κ2) is 9.52. The molecule has 8 nitrogen and oxygen atoms in total. The molecule has 0 saturated carbocycles. The van der Waals surface area contributed by atoms with Gasteiger partial charge in [0.2, 0.25) is 0 Å². The van der Waals surface area contributed by atoms with E-state index in [0.29, 0.717) is 23.7 Å². The van der Waals surface area contributed by atoms with Gasteiger partial charge in [-0.25, -0.2) is 9.59 Å². The van der Waals surface area contributed by atoms with Crippen molar-refractivity contribution < 1.29 is 19.4 Å². The number of ether oxygens (including phenoxy) is 2. The molecule has 0 aliphatic rings. The number of methoxy groups -OCH3 is 1. The normalized spacial score (nSPS) is 10.9. The number of halogens is 1. The Morgan fingerprint density at radius 1 is 1.06 bits per heavy atom. The lowest BCUT2D eigenvalue weighted by atomic mass is 10.1. The molecular formula is C25H24ClN3O5. The van der Waals surface area contributed by atoms with Crippen molar-refractivity contribution in [3.63, 3.8) is 0 Å². The maximum absolute atomic E-state index is 12.2. The van der Waals surface area contributed by atoms with Crippen LogP contribution >= 0.6 is 11.6 Å². The predicted octanol–water partition coefficient (Wildman–Crippen LogP) is 4.43. The zero-order valence-corrected chi connectivity index (χ0v) is 19.7. The number of rotatable bonds is 8. The third kappa shape index (κ3) is 4.45. The van der Waals surface area contributed by atoms with Gasteiger partial charge in [-0.2, -0.15) is 0 Å². The van der Waals surface area contributed by atoms with Crippen LogP contribution in [0.5, 0.6) is 11.5 Å². The van der Waals surface area contributed by atoms with Crippen molar-refractivity contribution in [1.82, 2.24) is 9.13 Å². The van der Waals surface area contributed by atoms with E-state index in [1.165, 1.54) is 6.07 Å². The first kappa shape index (κ1) is 23.3. The summed E-state index contributed by atoms with van der Waals surface area (Å²) in [6.07, 6.45) is 0. The van der Waals surface area contributed by atoms with Crippen LogP contribution in [0.2, 0.25) is 5.02 Å².